The molecule has 2 aromatic carbocycles. The molecule has 0 aliphatic carbocycles. The highest BCUT2D eigenvalue weighted by Gasteiger charge is 2.23. The van der Waals surface area contributed by atoms with E-state index in [4.69, 9.17) is 4.37 Å². The highest BCUT2D eigenvalue weighted by atomic mass is 32.1. The van der Waals surface area contributed by atoms with Gasteiger partial charge < -0.3 is 9.88 Å². The third-order valence-electron chi connectivity index (χ3n) is 6.90. The number of hydrogen-bond donors (Lipinski definition) is 1. The third-order valence-corrected chi connectivity index (χ3v) is 7.72. The van der Waals surface area contributed by atoms with Crippen LogP contribution in [0.25, 0.3) is 21.0 Å². The van der Waals surface area contributed by atoms with Gasteiger partial charge in [-0.15, -0.1) is 0 Å². The Morgan fingerprint density at radius 3 is 2.69 bits per heavy atom. The van der Waals surface area contributed by atoms with Crippen LogP contribution in [0, 0.1) is 0 Å². The van der Waals surface area contributed by atoms with E-state index < -0.39 is 0 Å². The molecule has 2 aliphatic heterocycles. The number of piperazine rings is 1. The van der Waals surface area contributed by atoms with Gasteiger partial charge >= 0.3 is 0 Å². The van der Waals surface area contributed by atoms with Crippen molar-refractivity contribution in [2.24, 2.45) is 0 Å². The topological polar surface area (TPSA) is 55.5 Å². The Labute approximate surface area is 191 Å². The molecule has 0 saturated carbocycles. The van der Waals surface area contributed by atoms with Gasteiger partial charge in [0.05, 0.1) is 4.70 Å². The lowest BCUT2D eigenvalue weighted by Crippen LogP contribution is -2.47. The summed E-state index contributed by atoms with van der Waals surface area (Å²) in [6.45, 7) is 6.82. The first-order valence-electron chi connectivity index (χ1n) is 11.3. The summed E-state index contributed by atoms with van der Waals surface area (Å²) in [5, 5.41) is 2.49. The van der Waals surface area contributed by atoms with E-state index in [0.29, 0.717) is 0 Å². The minimum absolute atomic E-state index is 0.0651. The van der Waals surface area contributed by atoms with Crippen molar-refractivity contribution in [3.63, 3.8) is 0 Å². The van der Waals surface area contributed by atoms with E-state index in [0.717, 1.165) is 69.1 Å². The molecule has 32 heavy (non-hydrogen) atoms. The molecule has 4 heterocycles. The normalized spacial score (nSPS) is 17.5. The van der Waals surface area contributed by atoms with Gasteiger partial charge in [0.15, 0.2) is 0 Å². The van der Waals surface area contributed by atoms with E-state index in [1.54, 1.807) is 11.5 Å². The molecular formula is C25H27N5OS. The number of pyridine rings is 1. The van der Waals surface area contributed by atoms with Crippen molar-refractivity contribution >= 4 is 38.3 Å². The Balaban J connectivity index is 1.13. The second-order valence-electron chi connectivity index (χ2n) is 9.04. The van der Waals surface area contributed by atoms with E-state index in [1.165, 1.54) is 26.6 Å². The summed E-state index contributed by atoms with van der Waals surface area (Å²) in [5.41, 5.74) is 4.50. The zero-order valence-electron chi connectivity index (χ0n) is 18.3. The van der Waals surface area contributed by atoms with Crippen molar-refractivity contribution < 1.29 is 0 Å². The third kappa shape index (κ3) is 3.50. The predicted molar refractivity (Wildman–Crippen MR) is 132 cm³/mol. The molecule has 0 amide bonds. The number of anilines is 1. The van der Waals surface area contributed by atoms with Gasteiger partial charge in [0.25, 0.3) is 5.56 Å². The van der Waals surface area contributed by atoms with Gasteiger partial charge in [-0.3, -0.25) is 14.6 Å². The Bertz CT molecular complexity index is 1350. The maximum Gasteiger partial charge on any atom is 0.253 e. The molecule has 7 heteroatoms. The molecule has 0 atom stereocenters. The molecule has 164 valence electrons. The average molecular weight is 446 g/mol. The molecule has 1 N–H and O–H groups in total. The maximum atomic E-state index is 12.4. The Kier molecular flexibility index (Phi) is 4.97. The largest absolute Gasteiger partial charge is 0.353 e. The molecule has 1 saturated heterocycles. The fourth-order valence-corrected chi connectivity index (χ4v) is 5.91. The summed E-state index contributed by atoms with van der Waals surface area (Å²) < 4.78 is 5.99. The second-order valence-corrected chi connectivity index (χ2v) is 9.85. The fraction of sp³-hybridized carbons (Fsp3) is 0.360. The van der Waals surface area contributed by atoms with E-state index in [2.05, 4.69) is 69.2 Å². The number of rotatable bonds is 4. The summed E-state index contributed by atoms with van der Waals surface area (Å²) in [5.74, 6) is 1.15. The molecule has 6 rings (SSSR count). The van der Waals surface area contributed by atoms with Gasteiger partial charge in [-0.2, -0.15) is 4.37 Å². The van der Waals surface area contributed by atoms with Crippen LogP contribution in [0.3, 0.4) is 0 Å². The first-order valence-corrected chi connectivity index (χ1v) is 12.1. The summed E-state index contributed by atoms with van der Waals surface area (Å²) in [6.07, 6.45) is 1.03. The molecule has 1 fully saturated rings. The number of nitrogens with zero attached hydrogens (tertiary/aromatic N) is 4. The molecule has 0 bridgehead atoms. The second kappa shape index (κ2) is 7.99. The van der Waals surface area contributed by atoms with Gasteiger partial charge in [0, 0.05) is 67.7 Å². The Morgan fingerprint density at radius 1 is 1.00 bits per heavy atom. The summed E-state index contributed by atoms with van der Waals surface area (Å²) >= 11 is 1.60. The highest BCUT2D eigenvalue weighted by molar-refractivity contribution is 7.13. The monoisotopic (exact) mass is 445 g/mol. The molecule has 0 unspecified atom stereocenters. The zero-order chi connectivity index (χ0) is 21.7. The lowest BCUT2D eigenvalue weighted by molar-refractivity contribution is 0.261. The van der Waals surface area contributed by atoms with Crippen LogP contribution < -0.4 is 10.5 Å². The molecule has 0 radical (unpaired) electrons. The number of nitrogens with one attached hydrogen (secondary N) is 1. The SMILES string of the molecule is CN1Cc2c(c3cc(CCN4CCN(c5nsc6ccccc56)CC4)ccc3[nH]c2=O)C1. The molecule has 6 nitrogen and oxygen atoms in total. The molecule has 2 aliphatic rings. The number of aromatic nitrogens is 2. The van der Waals surface area contributed by atoms with E-state index in [-0.39, 0.29) is 5.56 Å². The Morgan fingerprint density at radius 2 is 1.81 bits per heavy atom. The van der Waals surface area contributed by atoms with Gasteiger partial charge in [-0.1, -0.05) is 18.2 Å². The van der Waals surface area contributed by atoms with Crippen LogP contribution in [0.5, 0.6) is 0 Å². The van der Waals surface area contributed by atoms with Crippen molar-refractivity contribution in [1.29, 1.82) is 0 Å². The maximum absolute atomic E-state index is 12.4. The van der Waals surface area contributed by atoms with Crippen LogP contribution in [-0.4, -0.2) is 58.9 Å². The van der Waals surface area contributed by atoms with Crippen molar-refractivity contribution in [3.05, 3.63) is 69.5 Å². The minimum atomic E-state index is 0.0651. The van der Waals surface area contributed by atoms with Gasteiger partial charge in [-0.05, 0) is 60.4 Å². The first-order chi connectivity index (χ1) is 15.7. The first kappa shape index (κ1) is 19.9. The number of fused-ring (bicyclic) bond motifs is 4. The minimum Gasteiger partial charge on any atom is -0.353 e. The number of H-pyrrole nitrogens is 1. The summed E-state index contributed by atoms with van der Waals surface area (Å²) in [6, 6.07) is 15.1. The predicted octanol–water partition coefficient (Wildman–Crippen LogP) is 3.45. The quantitative estimate of drug-likeness (QED) is 0.522. The molecular weight excluding hydrogens is 418 g/mol. The van der Waals surface area contributed by atoms with Crippen molar-refractivity contribution in [1.82, 2.24) is 19.2 Å². The molecule has 2 aromatic heterocycles. The van der Waals surface area contributed by atoms with Crippen LogP contribution >= 0.6 is 11.5 Å². The van der Waals surface area contributed by atoms with Crippen LogP contribution in [0.2, 0.25) is 0 Å². The fourth-order valence-electron chi connectivity index (χ4n) is 5.12. The van der Waals surface area contributed by atoms with Gasteiger partial charge in [0.2, 0.25) is 0 Å². The van der Waals surface area contributed by atoms with Crippen molar-refractivity contribution in [2.75, 3.05) is 44.7 Å². The number of benzene rings is 2. The van der Waals surface area contributed by atoms with Gasteiger partial charge in [-0.25, -0.2) is 0 Å². The standard InChI is InChI=1S/C25H27N5OS/c1-28-15-20-19-14-17(6-7-22(19)26-25(31)21(20)16-28)8-9-29-10-12-30(13-11-29)24-18-4-2-3-5-23(18)32-27-24/h2-7,14H,8-13,15-16H2,1H3,(H,26,31). The van der Waals surface area contributed by atoms with E-state index in [9.17, 15) is 4.79 Å². The number of hydrogen-bond acceptors (Lipinski definition) is 6. The Hall–Kier alpha value is -2.74. The number of aromatic amines is 1. The molecule has 0 spiro atoms. The van der Waals surface area contributed by atoms with Crippen LogP contribution in [0.4, 0.5) is 5.82 Å². The summed E-state index contributed by atoms with van der Waals surface area (Å²) in [7, 11) is 2.07. The van der Waals surface area contributed by atoms with Crippen molar-refractivity contribution in [2.45, 2.75) is 19.5 Å². The zero-order valence-corrected chi connectivity index (χ0v) is 19.1. The van der Waals surface area contributed by atoms with Crippen LogP contribution in [0.1, 0.15) is 16.7 Å². The average Bonchev–Trinajstić information content (AvgIpc) is 3.42. The molecule has 4 aromatic rings. The lowest BCUT2D eigenvalue weighted by atomic mass is 10.0. The smallest absolute Gasteiger partial charge is 0.253 e. The van der Waals surface area contributed by atoms with E-state index >= 15 is 0 Å². The van der Waals surface area contributed by atoms with Crippen LogP contribution in [-0.2, 0) is 19.5 Å². The van der Waals surface area contributed by atoms with E-state index in [1.807, 2.05) is 0 Å². The lowest BCUT2D eigenvalue weighted by Gasteiger charge is -2.35. The van der Waals surface area contributed by atoms with Crippen LogP contribution in [0.15, 0.2) is 47.3 Å². The van der Waals surface area contributed by atoms with Crippen molar-refractivity contribution in [3.8, 4) is 0 Å². The van der Waals surface area contributed by atoms with Gasteiger partial charge in [0.1, 0.15) is 5.82 Å². The highest BCUT2D eigenvalue weighted by Crippen LogP contribution is 2.30. The summed E-state index contributed by atoms with van der Waals surface area (Å²) in [4.78, 5) is 22.6.